The molecular formula is C14H8F3NO5. The Labute approximate surface area is 127 Å². The van der Waals surface area contributed by atoms with E-state index in [0.717, 1.165) is 18.2 Å². The number of benzene rings is 2. The van der Waals surface area contributed by atoms with Gasteiger partial charge in [0.1, 0.15) is 11.6 Å². The fourth-order valence-electron chi connectivity index (χ4n) is 1.68. The molecule has 0 aliphatic carbocycles. The minimum Gasteiger partial charge on any atom is -0.435 e. The highest BCUT2D eigenvalue weighted by Gasteiger charge is 2.20. The quantitative estimate of drug-likeness (QED) is 0.363. The summed E-state index contributed by atoms with van der Waals surface area (Å²) in [5, 5.41) is 10.8. The predicted octanol–water partition coefficient (Wildman–Crippen LogP) is 3.55. The van der Waals surface area contributed by atoms with Crippen molar-refractivity contribution in [2.75, 3.05) is 0 Å². The van der Waals surface area contributed by atoms with Gasteiger partial charge in [-0.2, -0.15) is 8.78 Å². The van der Waals surface area contributed by atoms with Crippen molar-refractivity contribution in [2.24, 2.45) is 0 Å². The van der Waals surface area contributed by atoms with Crippen LogP contribution in [0.15, 0.2) is 42.5 Å². The lowest BCUT2D eigenvalue weighted by Gasteiger charge is -2.07. The lowest BCUT2D eigenvalue weighted by molar-refractivity contribution is -0.385. The number of carbonyl (C=O) groups excluding carboxylic acids is 1. The second-order valence-corrected chi connectivity index (χ2v) is 4.17. The van der Waals surface area contributed by atoms with Crippen LogP contribution in [-0.2, 0) is 0 Å². The third-order valence-electron chi connectivity index (χ3n) is 2.62. The van der Waals surface area contributed by atoms with Crippen LogP contribution in [0, 0.1) is 15.9 Å². The van der Waals surface area contributed by atoms with E-state index in [4.69, 9.17) is 4.74 Å². The van der Waals surface area contributed by atoms with Crippen LogP contribution in [0.4, 0.5) is 18.9 Å². The lowest BCUT2D eigenvalue weighted by atomic mass is 10.2. The SMILES string of the molecule is O=C(Oc1cc(F)ccc1[N+](=O)[O-])c1cccc(OC(F)F)c1. The predicted molar refractivity (Wildman–Crippen MR) is 71.1 cm³/mol. The number of ether oxygens (including phenoxy) is 2. The maximum atomic E-state index is 13.2. The monoisotopic (exact) mass is 327 g/mol. The Morgan fingerprint density at radius 1 is 1.17 bits per heavy atom. The van der Waals surface area contributed by atoms with Crippen molar-refractivity contribution in [1.82, 2.24) is 0 Å². The van der Waals surface area contributed by atoms with Gasteiger partial charge < -0.3 is 9.47 Å². The van der Waals surface area contributed by atoms with Crippen LogP contribution < -0.4 is 9.47 Å². The molecule has 0 heterocycles. The van der Waals surface area contributed by atoms with Gasteiger partial charge in [-0.1, -0.05) is 6.07 Å². The van der Waals surface area contributed by atoms with E-state index in [2.05, 4.69) is 4.74 Å². The number of nitrogens with zero attached hydrogens (tertiary/aromatic N) is 1. The average Bonchev–Trinajstić information content (AvgIpc) is 2.46. The van der Waals surface area contributed by atoms with Crippen LogP contribution in [0.5, 0.6) is 11.5 Å². The van der Waals surface area contributed by atoms with Gasteiger partial charge >= 0.3 is 18.3 Å². The van der Waals surface area contributed by atoms with E-state index < -0.39 is 34.8 Å². The average molecular weight is 327 g/mol. The molecule has 120 valence electrons. The van der Waals surface area contributed by atoms with Crippen molar-refractivity contribution in [2.45, 2.75) is 6.61 Å². The summed E-state index contributed by atoms with van der Waals surface area (Å²) in [7, 11) is 0. The summed E-state index contributed by atoms with van der Waals surface area (Å²) in [6, 6.07) is 7.00. The Morgan fingerprint density at radius 2 is 1.91 bits per heavy atom. The minimum atomic E-state index is -3.08. The highest BCUT2D eigenvalue weighted by atomic mass is 19.3. The van der Waals surface area contributed by atoms with Gasteiger partial charge in [0.05, 0.1) is 10.5 Å². The number of hydrogen-bond donors (Lipinski definition) is 0. The topological polar surface area (TPSA) is 78.7 Å². The Balaban J connectivity index is 2.26. The van der Waals surface area contributed by atoms with Crippen molar-refractivity contribution in [3.63, 3.8) is 0 Å². The first kappa shape index (κ1) is 16.3. The summed E-state index contributed by atoms with van der Waals surface area (Å²) in [4.78, 5) is 21.9. The molecule has 2 aromatic carbocycles. The summed E-state index contributed by atoms with van der Waals surface area (Å²) in [6.07, 6.45) is 0. The first-order valence-electron chi connectivity index (χ1n) is 6.08. The van der Waals surface area contributed by atoms with Gasteiger partial charge in [0, 0.05) is 12.1 Å². The molecule has 0 unspecified atom stereocenters. The molecule has 9 heteroatoms. The largest absolute Gasteiger partial charge is 0.435 e. The van der Waals surface area contributed by atoms with Gasteiger partial charge in [-0.05, 0) is 24.3 Å². The first-order chi connectivity index (χ1) is 10.9. The third-order valence-corrected chi connectivity index (χ3v) is 2.62. The minimum absolute atomic E-state index is 0.193. The number of rotatable bonds is 5. The molecule has 0 fully saturated rings. The zero-order chi connectivity index (χ0) is 17.0. The molecule has 2 rings (SSSR count). The molecular weight excluding hydrogens is 319 g/mol. The molecule has 0 atom stereocenters. The van der Waals surface area contributed by atoms with Gasteiger partial charge in [0.2, 0.25) is 5.75 Å². The van der Waals surface area contributed by atoms with E-state index in [1.807, 2.05) is 0 Å². The molecule has 0 radical (unpaired) electrons. The lowest BCUT2D eigenvalue weighted by Crippen LogP contribution is -2.11. The molecule has 0 bridgehead atoms. The maximum absolute atomic E-state index is 13.2. The number of esters is 1. The van der Waals surface area contributed by atoms with Crippen LogP contribution in [0.3, 0.4) is 0 Å². The number of alkyl halides is 2. The Kier molecular flexibility index (Phi) is 4.79. The summed E-state index contributed by atoms with van der Waals surface area (Å²) >= 11 is 0. The zero-order valence-electron chi connectivity index (χ0n) is 11.2. The van der Waals surface area contributed by atoms with Gasteiger partial charge in [-0.15, -0.1) is 0 Å². The number of nitro groups is 1. The number of carbonyl (C=O) groups is 1. The van der Waals surface area contributed by atoms with Crippen LogP contribution in [0.1, 0.15) is 10.4 Å². The molecule has 6 nitrogen and oxygen atoms in total. The number of hydrogen-bond acceptors (Lipinski definition) is 5. The fourth-order valence-corrected chi connectivity index (χ4v) is 1.68. The Morgan fingerprint density at radius 3 is 2.57 bits per heavy atom. The molecule has 0 aliphatic rings. The molecule has 2 aromatic rings. The molecule has 0 amide bonds. The summed E-state index contributed by atoms with van der Waals surface area (Å²) in [5.41, 5.74) is -0.804. The van der Waals surface area contributed by atoms with E-state index in [1.165, 1.54) is 18.2 Å². The Hall–Kier alpha value is -3.10. The molecule has 0 spiro atoms. The first-order valence-corrected chi connectivity index (χ1v) is 6.08. The van der Waals surface area contributed by atoms with Crippen molar-refractivity contribution in [3.05, 3.63) is 64.0 Å². The molecule has 0 aliphatic heterocycles. The summed E-state index contributed by atoms with van der Waals surface area (Å²) in [6.45, 7) is -3.08. The standard InChI is InChI=1S/C14H8F3NO5/c15-9-4-5-11(18(20)21)12(7-9)23-13(19)8-2-1-3-10(6-8)22-14(16)17/h1-7,14H. The third kappa shape index (κ3) is 4.19. The summed E-state index contributed by atoms with van der Waals surface area (Å²) < 4.78 is 46.3. The Bertz CT molecular complexity index is 751. The highest BCUT2D eigenvalue weighted by Crippen LogP contribution is 2.28. The van der Waals surface area contributed by atoms with Gasteiger partial charge in [-0.3, -0.25) is 10.1 Å². The second kappa shape index (κ2) is 6.77. The van der Waals surface area contributed by atoms with Crippen LogP contribution in [0.25, 0.3) is 0 Å². The van der Waals surface area contributed by atoms with E-state index >= 15 is 0 Å². The molecule has 0 saturated heterocycles. The van der Waals surface area contributed by atoms with Crippen LogP contribution in [0.2, 0.25) is 0 Å². The zero-order valence-corrected chi connectivity index (χ0v) is 11.2. The van der Waals surface area contributed by atoms with E-state index in [1.54, 1.807) is 0 Å². The van der Waals surface area contributed by atoms with E-state index in [9.17, 15) is 28.1 Å². The second-order valence-electron chi connectivity index (χ2n) is 4.17. The summed E-state index contributed by atoms with van der Waals surface area (Å²) in [5.74, 6) is -2.81. The highest BCUT2D eigenvalue weighted by molar-refractivity contribution is 5.92. The van der Waals surface area contributed by atoms with Crippen molar-refractivity contribution in [1.29, 1.82) is 0 Å². The van der Waals surface area contributed by atoms with Gasteiger partial charge in [-0.25, -0.2) is 9.18 Å². The molecule has 23 heavy (non-hydrogen) atoms. The maximum Gasteiger partial charge on any atom is 0.387 e. The van der Waals surface area contributed by atoms with Crippen LogP contribution >= 0.6 is 0 Å². The number of nitro benzene ring substituents is 1. The van der Waals surface area contributed by atoms with Gasteiger partial charge in [0.25, 0.3) is 0 Å². The molecule has 0 aromatic heterocycles. The van der Waals surface area contributed by atoms with E-state index in [0.29, 0.717) is 6.07 Å². The normalized spacial score (nSPS) is 10.4. The van der Waals surface area contributed by atoms with Crippen molar-refractivity contribution < 1.29 is 32.4 Å². The smallest absolute Gasteiger partial charge is 0.387 e. The van der Waals surface area contributed by atoms with Crippen molar-refractivity contribution >= 4 is 11.7 Å². The van der Waals surface area contributed by atoms with Gasteiger partial charge in [0.15, 0.2) is 0 Å². The fraction of sp³-hybridized carbons (Fsp3) is 0.0714. The molecule has 0 saturated carbocycles. The van der Waals surface area contributed by atoms with E-state index in [-0.39, 0.29) is 11.3 Å². The van der Waals surface area contributed by atoms with Crippen molar-refractivity contribution in [3.8, 4) is 11.5 Å². The molecule has 0 N–H and O–H groups in total. The number of halogens is 3. The van der Waals surface area contributed by atoms with Crippen LogP contribution in [-0.4, -0.2) is 17.5 Å².